The van der Waals surface area contributed by atoms with Crippen LogP contribution in [0.1, 0.15) is 99.3 Å². The molecule has 6 rings (SSSR count). The van der Waals surface area contributed by atoms with Gasteiger partial charge >= 0.3 is 0 Å². The number of amides is 2. The van der Waals surface area contributed by atoms with Crippen LogP contribution in [0.3, 0.4) is 0 Å². The van der Waals surface area contributed by atoms with E-state index in [0.717, 1.165) is 47.0 Å². The van der Waals surface area contributed by atoms with Crippen molar-refractivity contribution < 1.29 is 19.1 Å². The van der Waals surface area contributed by atoms with E-state index in [1.807, 2.05) is 72.8 Å². The SMILES string of the molecule is Cc1ccc(OC(C)C(=O)Nc2ccccc2SSc2ccccc2NC(=O)C(C)Oc2ccc(C)cc2C2CCCC2)c(C2CCCC2)c1. The van der Waals surface area contributed by atoms with E-state index in [4.69, 9.17) is 9.47 Å². The average molecular weight is 709 g/mol. The number of benzene rings is 4. The van der Waals surface area contributed by atoms with Crippen LogP contribution >= 0.6 is 21.6 Å². The molecule has 6 nitrogen and oxygen atoms in total. The minimum atomic E-state index is -0.669. The minimum Gasteiger partial charge on any atom is -0.481 e. The molecule has 0 aliphatic heterocycles. The third-order valence-electron chi connectivity index (χ3n) is 9.78. The lowest BCUT2D eigenvalue weighted by Crippen LogP contribution is -2.30. The van der Waals surface area contributed by atoms with Gasteiger partial charge in [-0.05, 0) is 113 Å². The molecule has 2 atom stereocenters. The summed E-state index contributed by atoms with van der Waals surface area (Å²) in [5.41, 5.74) is 6.27. The van der Waals surface area contributed by atoms with Gasteiger partial charge < -0.3 is 20.1 Å². The number of para-hydroxylation sites is 2. The molecular weight excluding hydrogens is 661 g/mol. The molecule has 2 unspecified atom stereocenters. The monoisotopic (exact) mass is 708 g/mol. The summed E-state index contributed by atoms with van der Waals surface area (Å²) >= 11 is 0. The number of anilines is 2. The zero-order valence-electron chi connectivity index (χ0n) is 29.5. The summed E-state index contributed by atoms with van der Waals surface area (Å²) < 4.78 is 12.6. The second-order valence-corrected chi connectivity index (χ2v) is 15.9. The molecule has 0 saturated heterocycles. The largest absolute Gasteiger partial charge is 0.481 e. The first kappa shape index (κ1) is 35.9. The lowest BCUT2D eigenvalue weighted by Gasteiger charge is -2.21. The Hall–Kier alpha value is -3.88. The van der Waals surface area contributed by atoms with Crippen LogP contribution in [0, 0.1) is 13.8 Å². The highest BCUT2D eigenvalue weighted by atomic mass is 33.1. The van der Waals surface area contributed by atoms with Gasteiger partial charge in [-0.2, -0.15) is 0 Å². The Morgan fingerprint density at radius 1 is 0.600 bits per heavy atom. The maximum Gasteiger partial charge on any atom is 0.265 e. The molecule has 0 spiro atoms. The second-order valence-electron chi connectivity index (χ2n) is 13.7. The van der Waals surface area contributed by atoms with Crippen molar-refractivity contribution in [1.82, 2.24) is 0 Å². The van der Waals surface area contributed by atoms with Gasteiger partial charge in [0.2, 0.25) is 0 Å². The van der Waals surface area contributed by atoms with Gasteiger partial charge in [0.05, 0.1) is 11.4 Å². The smallest absolute Gasteiger partial charge is 0.265 e. The van der Waals surface area contributed by atoms with Crippen LogP contribution in [0.2, 0.25) is 0 Å². The number of aryl methyl sites for hydroxylation is 2. The third-order valence-corrected chi connectivity index (χ3v) is 12.3. The predicted molar refractivity (Wildman–Crippen MR) is 207 cm³/mol. The normalized spacial score (nSPS) is 16.2. The van der Waals surface area contributed by atoms with Crippen LogP contribution in [0.25, 0.3) is 0 Å². The first-order valence-corrected chi connectivity index (χ1v) is 20.1. The van der Waals surface area contributed by atoms with Crippen molar-refractivity contribution in [2.24, 2.45) is 0 Å². The van der Waals surface area contributed by atoms with Gasteiger partial charge in [-0.25, -0.2) is 0 Å². The minimum absolute atomic E-state index is 0.202. The molecule has 50 heavy (non-hydrogen) atoms. The molecule has 4 aromatic carbocycles. The summed E-state index contributed by atoms with van der Waals surface area (Å²) in [5, 5.41) is 6.19. The number of carbonyl (C=O) groups excluding carboxylic acids is 2. The number of carbonyl (C=O) groups is 2. The Kier molecular flexibility index (Phi) is 12.1. The average Bonchev–Trinajstić information content (AvgIpc) is 3.86. The molecule has 2 aliphatic rings. The van der Waals surface area contributed by atoms with Gasteiger partial charge in [0.25, 0.3) is 11.8 Å². The number of ether oxygens (including phenoxy) is 2. The molecule has 2 aliphatic carbocycles. The fourth-order valence-corrected chi connectivity index (χ4v) is 9.27. The lowest BCUT2D eigenvalue weighted by molar-refractivity contribution is -0.122. The fraction of sp³-hybridized carbons (Fsp3) is 0.381. The van der Waals surface area contributed by atoms with E-state index in [9.17, 15) is 9.59 Å². The summed E-state index contributed by atoms with van der Waals surface area (Å²) in [7, 11) is 3.05. The van der Waals surface area contributed by atoms with E-state index in [1.54, 1.807) is 13.8 Å². The molecule has 2 amide bonds. The van der Waals surface area contributed by atoms with Crippen molar-refractivity contribution in [2.45, 2.75) is 113 Å². The van der Waals surface area contributed by atoms with E-state index >= 15 is 0 Å². The fourth-order valence-electron chi connectivity index (χ4n) is 6.99. The zero-order valence-corrected chi connectivity index (χ0v) is 31.1. The number of rotatable bonds is 13. The third kappa shape index (κ3) is 9.07. The van der Waals surface area contributed by atoms with Crippen molar-refractivity contribution in [1.29, 1.82) is 0 Å². The zero-order chi connectivity index (χ0) is 35.0. The van der Waals surface area contributed by atoms with E-state index in [-0.39, 0.29) is 11.8 Å². The maximum absolute atomic E-state index is 13.4. The Balaban J connectivity index is 1.08. The summed E-state index contributed by atoms with van der Waals surface area (Å²) in [4.78, 5) is 28.6. The van der Waals surface area contributed by atoms with Gasteiger partial charge in [-0.15, -0.1) is 0 Å². The molecule has 0 radical (unpaired) electrons. The van der Waals surface area contributed by atoms with Crippen LogP contribution in [-0.2, 0) is 9.59 Å². The van der Waals surface area contributed by atoms with E-state index in [0.29, 0.717) is 23.2 Å². The highest BCUT2D eigenvalue weighted by molar-refractivity contribution is 8.76. The van der Waals surface area contributed by atoms with Gasteiger partial charge in [0.1, 0.15) is 11.5 Å². The lowest BCUT2D eigenvalue weighted by atomic mass is 9.95. The maximum atomic E-state index is 13.4. The highest BCUT2D eigenvalue weighted by Gasteiger charge is 2.25. The molecule has 8 heteroatoms. The molecule has 4 aromatic rings. The van der Waals surface area contributed by atoms with Gasteiger partial charge in [-0.3, -0.25) is 9.59 Å². The summed E-state index contributed by atoms with van der Waals surface area (Å²) in [5.74, 6) is 2.17. The van der Waals surface area contributed by atoms with Crippen LogP contribution in [0.15, 0.2) is 94.7 Å². The first-order chi connectivity index (χ1) is 24.2. The van der Waals surface area contributed by atoms with Crippen molar-refractivity contribution in [3.05, 3.63) is 107 Å². The van der Waals surface area contributed by atoms with Crippen molar-refractivity contribution in [3.8, 4) is 11.5 Å². The Bertz CT molecular complexity index is 1670. The van der Waals surface area contributed by atoms with Gasteiger partial charge in [0.15, 0.2) is 12.2 Å². The summed E-state index contributed by atoms with van der Waals surface area (Å²) in [6.07, 6.45) is 8.26. The molecule has 0 bridgehead atoms. The van der Waals surface area contributed by atoms with Gasteiger partial charge in [0, 0.05) is 9.79 Å². The van der Waals surface area contributed by atoms with Crippen LogP contribution in [0.5, 0.6) is 11.5 Å². The summed E-state index contributed by atoms with van der Waals surface area (Å²) in [6, 6.07) is 28.0. The van der Waals surface area contributed by atoms with Crippen molar-refractivity contribution in [2.75, 3.05) is 10.6 Å². The standard InChI is InChI=1S/C42H48N2O4S2/c1-27-21-23-37(33(25-27)31-13-5-6-14-31)47-29(3)41(45)43-35-17-9-11-19-39(35)49-50-40-20-12-10-18-36(40)44-42(46)30(4)48-38-24-22-28(2)26-34(38)32-15-7-8-16-32/h9-12,17-26,29-32H,5-8,13-16H2,1-4H3,(H,43,45)(H,44,46). The van der Waals surface area contributed by atoms with Crippen molar-refractivity contribution in [3.63, 3.8) is 0 Å². The van der Waals surface area contributed by atoms with Gasteiger partial charge in [-0.1, -0.05) is 107 Å². The van der Waals surface area contributed by atoms with E-state index < -0.39 is 12.2 Å². The molecule has 2 N–H and O–H groups in total. The summed E-state index contributed by atoms with van der Waals surface area (Å²) in [6.45, 7) is 7.81. The molecule has 0 aromatic heterocycles. The molecule has 2 fully saturated rings. The number of nitrogens with one attached hydrogen (secondary N) is 2. The van der Waals surface area contributed by atoms with Crippen LogP contribution in [0.4, 0.5) is 11.4 Å². The number of hydrogen-bond acceptors (Lipinski definition) is 6. The Morgan fingerprint density at radius 3 is 1.38 bits per heavy atom. The molecule has 2 saturated carbocycles. The molecular formula is C42H48N2O4S2. The molecule has 0 heterocycles. The topological polar surface area (TPSA) is 76.7 Å². The van der Waals surface area contributed by atoms with E-state index in [1.165, 1.54) is 69.5 Å². The highest BCUT2D eigenvalue weighted by Crippen LogP contribution is 2.44. The quantitative estimate of drug-likeness (QED) is 0.135. The van der Waals surface area contributed by atoms with Crippen LogP contribution < -0.4 is 20.1 Å². The van der Waals surface area contributed by atoms with Crippen LogP contribution in [-0.4, -0.2) is 24.0 Å². The Morgan fingerprint density at radius 2 is 0.980 bits per heavy atom. The second kappa shape index (κ2) is 16.9. The van der Waals surface area contributed by atoms with E-state index in [2.05, 4.69) is 36.6 Å². The molecule has 262 valence electrons. The number of hydrogen-bond donors (Lipinski definition) is 2. The Labute approximate surface area is 304 Å². The first-order valence-electron chi connectivity index (χ1n) is 17.9. The van der Waals surface area contributed by atoms with Crippen molar-refractivity contribution >= 4 is 44.8 Å². The predicted octanol–water partition coefficient (Wildman–Crippen LogP) is 11.2.